The molecule has 1 saturated heterocycles. The first kappa shape index (κ1) is 10.4. The average Bonchev–Trinajstić information content (AvgIpc) is 2.11. The number of carbonyl (C=O) groups excluding carboxylic acids is 1. The molecular weight excluding hydrogens is 246 g/mol. The van der Waals surface area contributed by atoms with Gasteiger partial charge in [-0.25, -0.2) is 0 Å². The molecule has 14 heavy (non-hydrogen) atoms. The van der Waals surface area contributed by atoms with Crippen molar-refractivity contribution in [2.75, 3.05) is 13.2 Å². The van der Waals surface area contributed by atoms with Crippen molar-refractivity contribution in [3.05, 3.63) is 0 Å². The summed E-state index contributed by atoms with van der Waals surface area (Å²) >= 11 is 3.40. The fourth-order valence-electron chi connectivity index (χ4n) is 2.40. The minimum absolute atomic E-state index is 0.0275. The average molecular weight is 262 g/mol. The Bertz CT molecular complexity index is 235. The highest BCUT2D eigenvalue weighted by Gasteiger charge is 2.46. The number of hydrogen-bond donors (Lipinski definition) is 1. The lowest BCUT2D eigenvalue weighted by Crippen LogP contribution is -2.61. The number of nitrogens with zero attached hydrogens (tertiary/aromatic N) is 1. The first-order chi connectivity index (χ1) is 6.69. The van der Waals surface area contributed by atoms with Crippen molar-refractivity contribution in [2.24, 2.45) is 0 Å². The van der Waals surface area contributed by atoms with Crippen LogP contribution in [0.5, 0.6) is 0 Å². The quantitative estimate of drug-likeness (QED) is 0.762. The van der Waals surface area contributed by atoms with Crippen LogP contribution in [0.1, 0.15) is 32.1 Å². The summed E-state index contributed by atoms with van der Waals surface area (Å²) in [5.41, 5.74) is -0.205. The summed E-state index contributed by atoms with van der Waals surface area (Å²) < 4.78 is 0. The lowest BCUT2D eigenvalue weighted by molar-refractivity contribution is -0.147. The van der Waals surface area contributed by atoms with Crippen LogP contribution in [0.4, 0.5) is 0 Å². The third kappa shape index (κ3) is 1.48. The molecule has 1 aliphatic heterocycles. The zero-order chi connectivity index (χ0) is 10.2. The lowest BCUT2D eigenvalue weighted by Gasteiger charge is -2.51. The van der Waals surface area contributed by atoms with Gasteiger partial charge >= 0.3 is 0 Å². The normalized spacial score (nSPS) is 31.4. The van der Waals surface area contributed by atoms with Gasteiger partial charge in [-0.15, -0.1) is 0 Å². The number of rotatable bonds is 2. The molecular formula is C10H16BrNO2. The third-order valence-electron chi connectivity index (χ3n) is 3.52. The van der Waals surface area contributed by atoms with E-state index in [4.69, 9.17) is 0 Å². The van der Waals surface area contributed by atoms with E-state index >= 15 is 0 Å². The molecule has 3 nitrogen and oxygen atoms in total. The van der Waals surface area contributed by atoms with Gasteiger partial charge in [0.25, 0.3) is 0 Å². The summed E-state index contributed by atoms with van der Waals surface area (Å²) in [5.74, 6) is 0.171. The number of amides is 1. The van der Waals surface area contributed by atoms with Gasteiger partial charge in [0.05, 0.1) is 17.0 Å². The molecule has 0 bridgehead atoms. The number of likely N-dealkylation sites (tertiary alicyclic amines) is 1. The predicted octanol–water partition coefficient (Wildman–Crippen LogP) is 1.29. The van der Waals surface area contributed by atoms with Gasteiger partial charge in [-0.1, -0.05) is 15.9 Å². The monoisotopic (exact) mass is 261 g/mol. The summed E-state index contributed by atoms with van der Waals surface area (Å²) in [6.45, 7) is 0.944. The summed E-state index contributed by atoms with van der Waals surface area (Å²) in [7, 11) is 0. The number of hydrogen-bond acceptors (Lipinski definition) is 2. The maximum absolute atomic E-state index is 11.9. The molecule has 1 unspecified atom stereocenters. The first-order valence-corrected chi connectivity index (χ1v) is 6.18. The molecule has 2 rings (SSSR count). The SMILES string of the molecule is O=C1C(Br)CCCN1C1(CO)CCC1. The van der Waals surface area contributed by atoms with Gasteiger partial charge in [-0.3, -0.25) is 4.79 Å². The molecule has 1 heterocycles. The van der Waals surface area contributed by atoms with E-state index in [0.717, 1.165) is 38.6 Å². The topological polar surface area (TPSA) is 40.5 Å². The van der Waals surface area contributed by atoms with E-state index in [1.54, 1.807) is 0 Å². The highest BCUT2D eigenvalue weighted by Crippen LogP contribution is 2.39. The maximum atomic E-state index is 11.9. The third-order valence-corrected chi connectivity index (χ3v) is 4.37. The molecule has 0 spiro atoms. The van der Waals surface area contributed by atoms with Gasteiger partial charge in [0.1, 0.15) is 0 Å². The van der Waals surface area contributed by atoms with E-state index in [9.17, 15) is 9.90 Å². The van der Waals surface area contributed by atoms with Gasteiger partial charge in [0.15, 0.2) is 0 Å². The molecule has 2 aliphatic rings. The molecule has 4 heteroatoms. The Labute approximate surface area is 92.6 Å². The largest absolute Gasteiger partial charge is 0.394 e. The van der Waals surface area contributed by atoms with Crippen molar-refractivity contribution >= 4 is 21.8 Å². The zero-order valence-electron chi connectivity index (χ0n) is 8.21. The minimum atomic E-state index is -0.205. The Morgan fingerprint density at radius 3 is 2.71 bits per heavy atom. The van der Waals surface area contributed by atoms with E-state index in [1.807, 2.05) is 4.90 Å². The van der Waals surface area contributed by atoms with E-state index in [2.05, 4.69) is 15.9 Å². The highest BCUT2D eigenvalue weighted by atomic mass is 79.9. The van der Waals surface area contributed by atoms with Crippen molar-refractivity contribution < 1.29 is 9.90 Å². The Kier molecular flexibility index (Phi) is 2.84. The summed E-state index contributed by atoms with van der Waals surface area (Å²) in [6, 6.07) is 0. The van der Waals surface area contributed by atoms with Gasteiger partial charge in [-0.05, 0) is 32.1 Å². The number of aliphatic hydroxyl groups excluding tert-OH is 1. The van der Waals surface area contributed by atoms with Crippen LogP contribution in [-0.2, 0) is 4.79 Å². The van der Waals surface area contributed by atoms with E-state index in [-0.39, 0.29) is 22.9 Å². The number of halogens is 1. The molecule has 0 aromatic carbocycles. The van der Waals surface area contributed by atoms with Crippen LogP contribution in [0.15, 0.2) is 0 Å². The summed E-state index contributed by atoms with van der Waals surface area (Å²) in [5, 5.41) is 9.38. The molecule has 2 fully saturated rings. The van der Waals surface area contributed by atoms with Crippen molar-refractivity contribution in [3.63, 3.8) is 0 Å². The van der Waals surface area contributed by atoms with E-state index in [0.29, 0.717) is 0 Å². The number of piperidine rings is 1. The molecule has 0 radical (unpaired) electrons. The second-order valence-corrected chi connectivity index (χ2v) is 5.44. The summed E-state index contributed by atoms with van der Waals surface area (Å²) in [4.78, 5) is 13.8. The smallest absolute Gasteiger partial charge is 0.236 e. The van der Waals surface area contributed by atoms with Crippen LogP contribution >= 0.6 is 15.9 Å². The molecule has 1 aliphatic carbocycles. The van der Waals surface area contributed by atoms with E-state index in [1.165, 1.54) is 0 Å². The highest BCUT2D eigenvalue weighted by molar-refractivity contribution is 9.10. The second-order valence-electron chi connectivity index (χ2n) is 4.34. The first-order valence-electron chi connectivity index (χ1n) is 5.26. The Morgan fingerprint density at radius 1 is 1.50 bits per heavy atom. The Balaban J connectivity index is 2.11. The minimum Gasteiger partial charge on any atom is -0.394 e. The molecule has 1 saturated carbocycles. The van der Waals surface area contributed by atoms with Gasteiger partial charge in [-0.2, -0.15) is 0 Å². The number of aliphatic hydroxyl groups is 1. The Hall–Kier alpha value is -0.0900. The molecule has 0 aromatic rings. The van der Waals surface area contributed by atoms with Crippen molar-refractivity contribution in [3.8, 4) is 0 Å². The number of carbonyl (C=O) groups is 1. The second kappa shape index (κ2) is 3.81. The van der Waals surface area contributed by atoms with Crippen molar-refractivity contribution in [2.45, 2.75) is 42.5 Å². The van der Waals surface area contributed by atoms with E-state index < -0.39 is 0 Å². The molecule has 80 valence electrons. The molecule has 1 N–H and O–H groups in total. The van der Waals surface area contributed by atoms with Crippen LogP contribution in [0.2, 0.25) is 0 Å². The van der Waals surface area contributed by atoms with Gasteiger partial charge < -0.3 is 10.0 Å². The van der Waals surface area contributed by atoms with Gasteiger partial charge in [0.2, 0.25) is 5.91 Å². The number of alkyl halides is 1. The maximum Gasteiger partial charge on any atom is 0.236 e. The van der Waals surface area contributed by atoms with Crippen LogP contribution in [-0.4, -0.2) is 39.4 Å². The van der Waals surface area contributed by atoms with Crippen LogP contribution in [0, 0.1) is 0 Å². The lowest BCUT2D eigenvalue weighted by atomic mass is 9.75. The standard InChI is InChI=1S/C10H16BrNO2/c11-8-3-1-6-12(9(8)14)10(7-13)4-2-5-10/h8,13H,1-7H2. The van der Waals surface area contributed by atoms with Crippen LogP contribution in [0.3, 0.4) is 0 Å². The van der Waals surface area contributed by atoms with Crippen LogP contribution < -0.4 is 0 Å². The van der Waals surface area contributed by atoms with Crippen molar-refractivity contribution in [1.29, 1.82) is 0 Å². The summed E-state index contributed by atoms with van der Waals surface area (Å²) in [6.07, 6.45) is 5.04. The Morgan fingerprint density at radius 2 is 2.21 bits per heavy atom. The fourth-order valence-corrected chi connectivity index (χ4v) is 2.97. The fraction of sp³-hybridized carbons (Fsp3) is 0.900. The molecule has 0 aromatic heterocycles. The zero-order valence-corrected chi connectivity index (χ0v) is 9.79. The van der Waals surface area contributed by atoms with Crippen LogP contribution in [0.25, 0.3) is 0 Å². The molecule has 1 atom stereocenters. The predicted molar refractivity (Wildman–Crippen MR) is 57.3 cm³/mol. The van der Waals surface area contributed by atoms with Crippen molar-refractivity contribution in [1.82, 2.24) is 4.90 Å². The molecule has 1 amide bonds. The van der Waals surface area contributed by atoms with Gasteiger partial charge in [0, 0.05) is 6.54 Å².